The van der Waals surface area contributed by atoms with Gasteiger partial charge in [-0.05, 0) is 23.8 Å². The number of benzene rings is 1. The lowest BCUT2D eigenvalue weighted by Crippen LogP contribution is -2.43. The molecule has 1 aromatic carbocycles. The van der Waals surface area contributed by atoms with Crippen molar-refractivity contribution in [1.82, 2.24) is 24.8 Å². The minimum absolute atomic E-state index is 0.105. The Bertz CT molecular complexity index is 1310. The lowest BCUT2D eigenvalue weighted by Gasteiger charge is -2.31. The molecule has 3 aromatic heterocycles. The molecular weight excluding hydrogens is 415 g/mol. The fourth-order valence-corrected chi connectivity index (χ4v) is 4.12. The smallest absolute Gasteiger partial charge is 0.404 e. The van der Waals surface area contributed by atoms with E-state index in [0.29, 0.717) is 28.9 Å². The predicted molar refractivity (Wildman–Crippen MR) is 99.9 cm³/mol. The van der Waals surface area contributed by atoms with Crippen LogP contribution in [0.1, 0.15) is 22.9 Å². The molecule has 1 amide bonds. The van der Waals surface area contributed by atoms with E-state index < -0.39 is 35.5 Å². The van der Waals surface area contributed by atoms with Crippen molar-refractivity contribution >= 4 is 11.7 Å². The normalized spacial score (nSPS) is 18.2. The maximum absolute atomic E-state index is 14.5. The summed E-state index contributed by atoms with van der Waals surface area (Å²) in [6.07, 6.45) is 2.05. The highest BCUT2D eigenvalue weighted by Crippen LogP contribution is 2.36. The zero-order valence-electron chi connectivity index (χ0n) is 15.7. The molecule has 0 saturated carbocycles. The van der Waals surface area contributed by atoms with Crippen LogP contribution in [-0.2, 0) is 12.8 Å². The summed E-state index contributed by atoms with van der Waals surface area (Å²) in [5.74, 6) is -3.89. The largest absolute Gasteiger partial charge is 0.465 e. The van der Waals surface area contributed by atoms with Gasteiger partial charge in [-0.3, -0.25) is 0 Å². The van der Waals surface area contributed by atoms with Crippen molar-refractivity contribution in [3.8, 4) is 11.5 Å². The number of pyridine rings is 1. The van der Waals surface area contributed by atoms with E-state index in [-0.39, 0.29) is 18.4 Å². The number of halogens is 3. The van der Waals surface area contributed by atoms with E-state index >= 15 is 0 Å². The highest BCUT2D eigenvalue weighted by Gasteiger charge is 2.36. The average molecular weight is 429 g/mol. The van der Waals surface area contributed by atoms with Crippen LogP contribution < -0.4 is 5.32 Å². The number of nitrogens with one attached hydrogen (secondary N) is 1. The molecule has 3 heterocycles. The lowest BCUT2D eigenvalue weighted by atomic mass is 9.80. The SMILES string of the molecule is O=C(O)N[C@H]1Cc2c(nc3cc(-c4ncno4)ccn23)C[C@@H]1c1cc(F)c(F)cc1F. The first-order valence-electron chi connectivity index (χ1n) is 9.31. The molecule has 0 radical (unpaired) electrons. The second-order valence-electron chi connectivity index (χ2n) is 7.25. The Labute approximate surface area is 172 Å². The Kier molecular flexibility index (Phi) is 4.38. The van der Waals surface area contributed by atoms with E-state index in [2.05, 4.69) is 20.4 Å². The number of amides is 1. The van der Waals surface area contributed by atoms with Crippen molar-refractivity contribution in [3.63, 3.8) is 0 Å². The molecule has 1 aliphatic carbocycles. The number of imidazole rings is 1. The van der Waals surface area contributed by atoms with Gasteiger partial charge in [-0.15, -0.1) is 0 Å². The molecule has 4 aromatic rings. The Morgan fingerprint density at radius 2 is 1.97 bits per heavy atom. The summed E-state index contributed by atoms with van der Waals surface area (Å²) in [6.45, 7) is 0. The van der Waals surface area contributed by atoms with Gasteiger partial charge in [-0.2, -0.15) is 4.98 Å². The third-order valence-corrected chi connectivity index (χ3v) is 5.48. The molecule has 158 valence electrons. The van der Waals surface area contributed by atoms with Crippen LogP contribution in [0.15, 0.2) is 41.3 Å². The number of rotatable bonds is 3. The molecule has 2 N–H and O–H groups in total. The maximum atomic E-state index is 14.5. The van der Waals surface area contributed by atoms with Crippen molar-refractivity contribution < 1.29 is 27.6 Å². The van der Waals surface area contributed by atoms with Gasteiger partial charge in [0, 0.05) is 48.3 Å². The molecule has 5 rings (SSSR count). The number of aromatic nitrogens is 4. The Morgan fingerprint density at radius 3 is 2.71 bits per heavy atom. The van der Waals surface area contributed by atoms with Gasteiger partial charge in [0.15, 0.2) is 18.0 Å². The molecule has 11 heteroatoms. The second-order valence-corrected chi connectivity index (χ2v) is 7.25. The van der Waals surface area contributed by atoms with Crippen LogP contribution in [0.2, 0.25) is 0 Å². The van der Waals surface area contributed by atoms with Crippen LogP contribution in [-0.4, -0.2) is 36.8 Å². The number of carboxylic acid groups (broad SMARTS) is 1. The van der Waals surface area contributed by atoms with E-state index in [4.69, 9.17) is 4.52 Å². The fourth-order valence-electron chi connectivity index (χ4n) is 4.12. The van der Waals surface area contributed by atoms with E-state index in [0.717, 1.165) is 11.8 Å². The molecule has 0 saturated heterocycles. The van der Waals surface area contributed by atoms with Gasteiger partial charge in [-0.1, -0.05) is 5.16 Å². The van der Waals surface area contributed by atoms with Gasteiger partial charge in [0.25, 0.3) is 5.89 Å². The average Bonchev–Trinajstić information content (AvgIpc) is 3.37. The van der Waals surface area contributed by atoms with E-state index in [9.17, 15) is 23.1 Å². The van der Waals surface area contributed by atoms with Crippen LogP contribution in [0.5, 0.6) is 0 Å². The number of fused-ring (bicyclic) bond motifs is 3. The van der Waals surface area contributed by atoms with Crippen LogP contribution >= 0.6 is 0 Å². The minimum Gasteiger partial charge on any atom is -0.465 e. The summed E-state index contributed by atoms with van der Waals surface area (Å²) in [5.41, 5.74) is 2.45. The topological polar surface area (TPSA) is 106 Å². The summed E-state index contributed by atoms with van der Waals surface area (Å²) >= 11 is 0. The quantitative estimate of drug-likeness (QED) is 0.484. The molecule has 0 aliphatic heterocycles. The highest BCUT2D eigenvalue weighted by molar-refractivity contribution is 5.65. The first kappa shape index (κ1) is 19.1. The number of carbonyl (C=O) groups is 1. The standard InChI is InChI=1S/C20H14F3N5O3/c21-12-6-14(23)13(22)4-10(12)11-5-16-17(7-15(11)27-20(29)30)28-2-1-9(3-18(28)26-16)19-24-8-25-31-19/h1-4,6,8,11,15,27H,5,7H2,(H,29,30)/t11-,15+/m1/s1. The van der Waals surface area contributed by atoms with Crippen molar-refractivity contribution in [2.24, 2.45) is 0 Å². The number of hydrogen-bond acceptors (Lipinski definition) is 5. The molecule has 31 heavy (non-hydrogen) atoms. The molecule has 0 bridgehead atoms. The van der Waals surface area contributed by atoms with Gasteiger partial charge >= 0.3 is 6.09 Å². The van der Waals surface area contributed by atoms with Crippen LogP contribution in [0, 0.1) is 17.5 Å². The highest BCUT2D eigenvalue weighted by atomic mass is 19.2. The monoisotopic (exact) mass is 429 g/mol. The van der Waals surface area contributed by atoms with Gasteiger partial charge in [0.05, 0.1) is 5.69 Å². The molecule has 2 atom stereocenters. The lowest BCUT2D eigenvalue weighted by molar-refractivity contribution is 0.186. The van der Waals surface area contributed by atoms with Crippen LogP contribution in [0.25, 0.3) is 17.1 Å². The van der Waals surface area contributed by atoms with Crippen molar-refractivity contribution in [3.05, 3.63) is 71.2 Å². The zero-order valence-corrected chi connectivity index (χ0v) is 15.7. The molecule has 8 nitrogen and oxygen atoms in total. The third-order valence-electron chi connectivity index (χ3n) is 5.48. The van der Waals surface area contributed by atoms with Crippen molar-refractivity contribution in [1.29, 1.82) is 0 Å². The Morgan fingerprint density at radius 1 is 1.16 bits per heavy atom. The first-order valence-corrected chi connectivity index (χ1v) is 9.31. The minimum atomic E-state index is -1.30. The molecular formula is C20H14F3N5O3. The third kappa shape index (κ3) is 3.27. The summed E-state index contributed by atoms with van der Waals surface area (Å²) in [7, 11) is 0. The van der Waals surface area contributed by atoms with Gasteiger partial charge in [0.1, 0.15) is 11.5 Å². The summed E-state index contributed by atoms with van der Waals surface area (Å²) in [6, 6.07) is 3.97. The van der Waals surface area contributed by atoms with Crippen molar-refractivity contribution in [2.75, 3.05) is 0 Å². The van der Waals surface area contributed by atoms with Gasteiger partial charge in [-0.25, -0.2) is 22.9 Å². The van der Waals surface area contributed by atoms with E-state index in [1.165, 1.54) is 6.33 Å². The Hall–Kier alpha value is -3.89. The predicted octanol–water partition coefficient (Wildman–Crippen LogP) is 3.32. The number of nitrogens with zero attached hydrogens (tertiary/aromatic N) is 4. The Balaban J connectivity index is 1.59. The number of hydrogen-bond donors (Lipinski definition) is 2. The molecule has 0 fully saturated rings. The van der Waals surface area contributed by atoms with Crippen LogP contribution in [0.4, 0.5) is 18.0 Å². The summed E-state index contributed by atoms with van der Waals surface area (Å²) < 4.78 is 48.6. The van der Waals surface area contributed by atoms with E-state index in [1.807, 2.05) is 0 Å². The van der Waals surface area contributed by atoms with Gasteiger partial charge < -0.3 is 19.3 Å². The van der Waals surface area contributed by atoms with Gasteiger partial charge in [0.2, 0.25) is 0 Å². The zero-order chi connectivity index (χ0) is 21.7. The summed E-state index contributed by atoms with van der Waals surface area (Å²) in [5, 5.41) is 15.2. The fraction of sp³-hybridized carbons (Fsp3) is 0.200. The molecule has 1 aliphatic rings. The van der Waals surface area contributed by atoms with Crippen molar-refractivity contribution in [2.45, 2.75) is 24.8 Å². The molecule has 0 unspecified atom stereocenters. The summed E-state index contributed by atoms with van der Waals surface area (Å²) in [4.78, 5) is 19.9. The second kappa shape index (κ2) is 7.11. The van der Waals surface area contributed by atoms with Crippen LogP contribution in [0.3, 0.4) is 0 Å². The maximum Gasteiger partial charge on any atom is 0.404 e. The first-order chi connectivity index (χ1) is 14.9. The van der Waals surface area contributed by atoms with E-state index in [1.54, 1.807) is 22.7 Å². The molecule has 0 spiro atoms.